The normalized spacial score (nSPS) is 16.4. The second kappa shape index (κ2) is 9.78. The SMILES string of the molecule is Cc1ccc(S(=O)(=O)CCC(=O)OCC(=O)c2cc(C)n(CC3CCCO3)c2C)cc1. The molecule has 0 spiro atoms. The van der Waals surface area contributed by atoms with Crippen molar-refractivity contribution in [3.8, 4) is 0 Å². The van der Waals surface area contributed by atoms with Crippen molar-refractivity contribution < 1.29 is 27.5 Å². The van der Waals surface area contributed by atoms with Gasteiger partial charge in [-0.25, -0.2) is 8.42 Å². The van der Waals surface area contributed by atoms with Gasteiger partial charge in [-0.3, -0.25) is 9.59 Å². The van der Waals surface area contributed by atoms with Crippen molar-refractivity contribution >= 4 is 21.6 Å². The van der Waals surface area contributed by atoms with Crippen LogP contribution < -0.4 is 0 Å². The molecule has 1 aliphatic heterocycles. The van der Waals surface area contributed by atoms with Crippen LogP contribution in [0.4, 0.5) is 0 Å². The number of aryl methyl sites for hydroxylation is 2. The second-order valence-corrected chi connectivity index (χ2v) is 10.1. The van der Waals surface area contributed by atoms with Crippen molar-refractivity contribution in [2.24, 2.45) is 0 Å². The molecular weight excluding hydrogens is 418 g/mol. The summed E-state index contributed by atoms with van der Waals surface area (Å²) in [5.41, 5.74) is 3.23. The first kappa shape index (κ1) is 23.2. The first-order valence-corrected chi connectivity index (χ1v) is 12.1. The molecule has 31 heavy (non-hydrogen) atoms. The molecule has 1 fully saturated rings. The van der Waals surface area contributed by atoms with E-state index in [4.69, 9.17) is 9.47 Å². The number of rotatable bonds is 9. The number of ketones is 1. The molecule has 1 unspecified atom stereocenters. The van der Waals surface area contributed by atoms with Crippen molar-refractivity contribution in [3.05, 3.63) is 52.8 Å². The molecule has 2 heterocycles. The van der Waals surface area contributed by atoms with Gasteiger partial charge in [0.2, 0.25) is 5.78 Å². The third-order valence-corrected chi connectivity index (χ3v) is 7.34. The quantitative estimate of drug-likeness (QED) is 0.433. The van der Waals surface area contributed by atoms with Crippen molar-refractivity contribution in [1.82, 2.24) is 4.57 Å². The fourth-order valence-corrected chi connectivity index (χ4v) is 4.96. The number of nitrogens with zero attached hydrogens (tertiary/aromatic N) is 1. The van der Waals surface area contributed by atoms with E-state index >= 15 is 0 Å². The number of benzene rings is 1. The maximum Gasteiger partial charge on any atom is 0.307 e. The molecule has 0 saturated carbocycles. The van der Waals surface area contributed by atoms with E-state index in [0.29, 0.717) is 12.1 Å². The summed E-state index contributed by atoms with van der Waals surface area (Å²) in [6, 6.07) is 8.25. The van der Waals surface area contributed by atoms with Crippen molar-refractivity contribution in [2.45, 2.75) is 57.6 Å². The molecule has 1 aromatic heterocycles. The fourth-order valence-electron chi connectivity index (χ4n) is 3.73. The number of esters is 1. The lowest BCUT2D eigenvalue weighted by Gasteiger charge is -2.14. The standard InChI is InChI=1S/C23H29NO6S/c1-16-6-8-20(9-7-16)31(27,28)12-10-23(26)30-15-22(25)21-13-17(2)24(18(21)3)14-19-5-4-11-29-19/h6-9,13,19H,4-5,10-12,14-15H2,1-3H3. The highest BCUT2D eigenvalue weighted by Gasteiger charge is 2.22. The minimum Gasteiger partial charge on any atom is -0.457 e. The van der Waals surface area contributed by atoms with E-state index in [1.54, 1.807) is 18.2 Å². The number of ether oxygens (including phenoxy) is 2. The topological polar surface area (TPSA) is 91.7 Å². The Balaban J connectivity index is 1.53. The lowest BCUT2D eigenvalue weighted by molar-refractivity contribution is -0.142. The summed E-state index contributed by atoms with van der Waals surface area (Å²) in [7, 11) is -3.58. The van der Waals surface area contributed by atoms with Crippen LogP contribution in [0.2, 0.25) is 0 Å². The summed E-state index contributed by atoms with van der Waals surface area (Å²) in [5.74, 6) is -1.38. The predicted molar refractivity (Wildman–Crippen MR) is 116 cm³/mol. The van der Waals surface area contributed by atoms with Gasteiger partial charge in [-0.05, 0) is 51.8 Å². The van der Waals surface area contributed by atoms with Gasteiger partial charge < -0.3 is 14.0 Å². The number of aromatic nitrogens is 1. The molecule has 0 radical (unpaired) electrons. The molecule has 8 heteroatoms. The summed E-state index contributed by atoms with van der Waals surface area (Å²) >= 11 is 0. The maximum absolute atomic E-state index is 12.6. The molecule has 0 N–H and O–H groups in total. The summed E-state index contributed by atoms with van der Waals surface area (Å²) in [4.78, 5) is 24.8. The lowest BCUT2D eigenvalue weighted by Crippen LogP contribution is -2.19. The van der Waals surface area contributed by atoms with Crippen molar-refractivity contribution in [2.75, 3.05) is 19.0 Å². The van der Waals surface area contributed by atoms with Crippen LogP contribution in [0, 0.1) is 20.8 Å². The average Bonchev–Trinajstić information content (AvgIpc) is 3.34. The molecule has 1 aromatic carbocycles. The lowest BCUT2D eigenvalue weighted by atomic mass is 10.1. The zero-order chi connectivity index (χ0) is 22.6. The Bertz CT molecular complexity index is 1050. The summed E-state index contributed by atoms with van der Waals surface area (Å²) < 4.78 is 37.5. The van der Waals surface area contributed by atoms with Crippen LogP contribution in [0.3, 0.4) is 0 Å². The van der Waals surface area contributed by atoms with E-state index in [1.807, 2.05) is 20.8 Å². The molecule has 0 bridgehead atoms. The third kappa shape index (κ3) is 5.83. The molecule has 3 rings (SSSR count). The molecule has 1 atom stereocenters. The van der Waals surface area contributed by atoms with E-state index in [0.717, 1.165) is 36.4 Å². The Morgan fingerprint density at radius 2 is 1.87 bits per heavy atom. The third-order valence-electron chi connectivity index (χ3n) is 5.60. The van der Waals surface area contributed by atoms with Crippen LogP contribution in [0.1, 0.15) is 46.6 Å². The van der Waals surface area contributed by atoms with Gasteiger partial charge in [-0.15, -0.1) is 0 Å². The number of carbonyl (C=O) groups is 2. The zero-order valence-corrected chi connectivity index (χ0v) is 19.0. The largest absolute Gasteiger partial charge is 0.457 e. The van der Waals surface area contributed by atoms with Crippen LogP contribution in [-0.4, -0.2) is 49.8 Å². The van der Waals surface area contributed by atoms with Gasteiger partial charge in [0.1, 0.15) is 0 Å². The minimum absolute atomic E-state index is 0.154. The first-order valence-electron chi connectivity index (χ1n) is 10.4. The van der Waals surface area contributed by atoms with Crippen LogP contribution in [0.15, 0.2) is 35.2 Å². The predicted octanol–water partition coefficient (Wildman–Crippen LogP) is 3.18. The van der Waals surface area contributed by atoms with E-state index in [9.17, 15) is 18.0 Å². The van der Waals surface area contributed by atoms with Crippen LogP contribution in [0.25, 0.3) is 0 Å². The summed E-state index contributed by atoms with van der Waals surface area (Å²) in [6.07, 6.45) is 1.90. The number of hydrogen-bond acceptors (Lipinski definition) is 6. The Morgan fingerprint density at radius 1 is 1.16 bits per heavy atom. The van der Waals surface area contributed by atoms with E-state index in [2.05, 4.69) is 4.57 Å². The Kier molecular flexibility index (Phi) is 7.33. The van der Waals surface area contributed by atoms with E-state index in [-0.39, 0.29) is 29.0 Å². The van der Waals surface area contributed by atoms with Gasteiger partial charge in [0.05, 0.1) is 23.2 Å². The molecule has 168 valence electrons. The van der Waals surface area contributed by atoms with Crippen LogP contribution in [-0.2, 0) is 30.7 Å². The van der Waals surface area contributed by atoms with E-state index in [1.165, 1.54) is 12.1 Å². The molecule has 1 saturated heterocycles. The zero-order valence-electron chi connectivity index (χ0n) is 18.2. The maximum atomic E-state index is 12.6. The average molecular weight is 448 g/mol. The molecular formula is C23H29NO6S. The van der Waals surface area contributed by atoms with Crippen LogP contribution in [0.5, 0.6) is 0 Å². The van der Waals surface area contributed by atoms with Gasteiger partial charge in [0.15, 0.2) is 16.4 Å². The monoisotopic (exact) mass is 447 g/mol. The van der Waals surface area contributed by atoms with Gasteiger partial charge in [-0.2, -0.15) is 0 Å². The Morgan fingerprint density at radius 3 is 2.52 bits per heavy atom. The van der Waals surface area contributed by atoms with Gasteiger partial charge in [0, 0.05) is 30.1 Å². The number of carbonyl (C=O) groups excluding carboxylic acids is 2. The van der Waals surface area contributed by atoms with Gasteiger partial charge in [0.25, 0.3) is 0 Å². The fraction of sp³-hybridized carbons (Fsp3) is 0.478. The van der Waals surface area contributed by atoms with Crippen LogP contribution >= 0.6 is 0 Å². The van der Waals surface area contributed by atoms with Crippen molar-refractivity contribution in [3.63, 3.8) is 0 Å². The second-order valence-electron chi connectivity index (χ2n) is 8.00. The number of Topliss-reactive ketones (excluding diaryl/α,β-unsaturated/α-hetero) is 1. The molecule has 1 aliphatic rings. The first-order chi connectivity index (χ1) is 14.7. The summed E-state index contributed by atoms with van der Waals surface area (Å²) in [6.45, 7) is 6.72. The highest BCUT2D eigenvalue weighted by molar-refractivity contribution is 7.91. The highest BCUT2D eigenvalue weighted by Crippen LogP contribution is 2.21. The molecule has 2 aromatic rings. The van der Waals surface area contributed by atoms with Gasteiger partial charge in [-0.1, -0.05) is 17.7 Å². The minimum atomic E-state index is -3.58. The number of hydrogen-bond donors (Lipinski definition) is 0. The smallest absolute Gasteiger partial charge is 0.307 e. The van der Waals surface area contributed by atoms with Gasteiger partial charge >= 0.3 is 5.97 Å². The molecule has 7 nitrogen and oxygen atoms in total. The van der Waals surface area contributed by atoms with E-state index < -0.39 is 22.4 Å². The number of sulfone groups is 1. The van der Waals surface area contributed by atoms with Crippen molar-refractivity contribution in [1.29, 1.82) is 0 Å². The Hall–Kier alpha value is -2.45. The summed E-state index contributed by atoms with van der Waals surface area (Å²) in [5, 5.41) is 0. The molecule has 0 aliphatic carbocycles. The molecule has 0 amide bonds. The highest BCUT2D eigenvalue weighted by atomic mass is 32.2. The Labute approximate surface area is 183 Å².